The summed E-state index contributed by atoms with van der Waals surface area (Å²) in [6, 6.07) is 0.722. The molecule has 0 spiro atoms. The molecular formula is C11H9BF6N2Na. The van der Waals surface area contributed by atoms with Crippen molar-refractivity contribution in [2.24, 2.45) is 5.73 Å². The maximum Gasteiger partial charge on any atom is 1.00 e. The predicted molar refractivity (Wildman–Crippen MR) is 60.3 cm³/mol. The van der Waals surface area contributed by atoms with E-state index in [9.17, 15) is 26.3 Å². The molecule has 2 nitrogen and oxygen atoms in total. The maximum absolute atomic E-state index is 13.2. The molecule has 0 heterocycles. The Morgan fingerprint density at radius 1 is 1.24 bits per heavy atom. The van der Waals surface area contributed by atoms with Crippen LogP contribution >= 0.6 is 0 Å². The van der Waals surface area contributed by atoms with Crippen molar-refractivity contribution in [1.29, 1.82) is 5.26 Å². The molecule has 0 fully saturated rings. The van der Waals surface area contributed by atoms with Crippen LogP contribution in [0, 0.1) is 17.0 Å². The Kier molecular flexibility index (Phi) is 9.34. The van der Waals surface area contributed by atoms with Crippen LogP contribution in [0.2, 0.25) is 0 Å². The van der Waals surface area contributed by atoms with E-state index >= 15 is 0 Å². The van der Waals surface area contributed by atoms with E-state index in [0.717, 1.165) is 6.07 Å². The minimum absolute atomic E-state index is 0. The number of nitrogens with zero attached hydrogens (tertiary/aromatic N) is 1. The van der Waals surface area contributed by atoms with Gasteiger partial charge < -0.3 is 13.6 Å². The van der Waals surface area contributed by atoms with Crippen LogP contribution in [0.3, 0.4) is 0 Å². The molecule has 0 saturated heterocycles. The second kappa shape index (κ2) is 8.68. The quantitative estimate of drug-likeness (QED) is 0.623. The number of rotatable bonds is 2. The van der Waals surface area contributed by atoms with Gasteiger partial charge in [-0.05, 0) is 13.0 Å². The summed E-state index contributed by atoms with van der Waals surface area (Å²) in [5, 5.41) is 7.10. The molecule has 0 aromatic heterocycles. The SMILES string of the molecule is CC(N)c1ccc(C(F)(F)C(F)(F)F)cc1F.[B-]C#N.[Na+]. The molecule has 109 valence electrons. The van der Waals surface area contributed by atoms with Gasteiger partial charge in [-0.25, -0.2) is 4.39 Å². The van der Waals surface area contributed by atoms with Gasteiger partial charge in [-0.3, -0.25) is 11.2 Å². The monoisotopic (exact) mass is 317 g/mol. The van der Waals surface area contributed by atoms with Crippen molar-refractivity contribution in [3.63, 3.8) is 0 Å². The van der Waals surface area contributed by atoms with Crippen molar-refractivity contribution >= 4 is 7.85 Å². The summed E-state index contributed by atoms with van der Waals surface area (Å²) >= 11 is 0. The molecular weight excluding hydrogens is 308 g/mol. The molecule has 21 heavy (non-hydrogen) atoms. The van der Waals surface area contributed by atoms with E-state index in [-0.39, 0.29) is 41.2 Å². The Hall–Kier alpha value is -0.685. The normalized spacial score (nSPS) is 12.4. The smallest absolute Gasteiger partial charge is 0.466 e. The molecule has 10 heteroatoms. The Bertz CT molecular complexity index is 498. The molecule has 1 atom stereocenters. The van der Waals surface area contributed by atoms with Gasteiger partial charge in [0.05, 0.1) is 0 Å². The molecule has 2 N–H and O–H groups in total. The van der Waals surface area contributed by atoms with Crippen LogP contribution in [0.1, 0.15) is 24.1 Å². The van der Waals surface area contributed by atoms with Gasteiger partial charge in [0, 0.05) is 17.2 Å². The van der Waals surface area contributed by atoms with Crippen molar-refractivity contribution in [2.75, 3.05) is 0 Å². The minimum atomic E-state index is -5.75. The zero-order chi connectivity index (χ0) is 16.1. The van der Waals surface area contributed by atoms with E-state index < -0.39 is 29.5 Å². The number of nitrogens with two attached hydrogens (primary N) is 1. The summed E-state index contributed by atoms with van der Waals surface area (Å²) in [5.74, 6) is -5.01. The Balaban J connectivity index is 0. The third-order valence-electron chi connectivity index (χ3n) is 2.21. The first-order valence-corrected chi connectivity index (χ1v) is 5.08. The number of alkyl halides is 5. The number of benzene rings is 1. The second-order valence-electron chi connectivity index (χ2n) is 3.73. The van der Waals surface area contributed by atoms with E-state index in [1.54, 1.807) is 0 Å². The van der Waals surface area contributed by atoms with Gasteiger partial charge in [-0.1, -0.05) is 12.1 Å². The van der Waals surface area contributed by atoms with E-state index in [1.165, 1.54) is 12.9 Å². The van der Waals surface area contributed by atoms with Gasteiger partial charge in [-0.15, -0.1) is 0 Å². The topological polar surface area (TPSA) is 49.8 Å². The van der Waals surface area contributed by atoms with E-state index in [1.807, 2.05) is 0 Å². The van der Waals surface area contributed by atoms with Crippen molar-refractivity contribution in [3.8, 4) is 5.97 Å². The summed E-state index contributed by atoms with van der Waals surface area (Å²) in [6.07, 6.45) is -5.75. The zero-order valence-corrected chi connectivity index (χ0v) is 13.2. The number of halogens is 6. The molecule has 1 rings (SSSR count). The molecule has 3 radical (unpaired) electrons. The first kappa shape index (κ1) is 22.6. The van der Waals surface area contributed by atoms with Crippen molar-refractivity contribution in [1.82, 2.24) is 0 Å². The molecule has 0 aliphatic rings. The second-order valence-corrected chi connectivity index (χ2v) is 3.73. The fraction of sp³-hybridized carbons (Fsp3) is 0.364. The van der Waals surface area contributed by atoms with Crippen LogP contribution in [0.25, 0.3) is 0 Å². The third-order valence-corrected chi connectivity index (χ3v) is 2.21. The standard InChI is InChI=1S/C10H9F6N.CBN.Na/c1-5(17)7-3-2-6(4-8(7)11)9(12,13)10(14,15)16;2-1-3;/h2-5H,17H2,1H3;;/q;-1;+1. The number of hydrogen-bond acceptors (Lipinski definition) is 2. The molecule has 1 aromatic carbocycles. The fourth-order valence-electron chi connectivity index (χ4n) is 1.26. The van der Waals surface area contributed by atoms with Crippen molar-refractivity contribution < 1.29 is 55.9 Å². The maximum atomic E-state index is 13.2. The molecule has 1 aromatic rings. The van der Waals surface area contributed by atoms with E-state index in [0.29, 0.717) is 6.07 Å². The number of hydrogen-bond donors (Lipinski definition) is 1. The molecule has 0 aliphatic carbocycles. The molecule has 0 saturated carbocycles. The van der Waals surface area contributed by atoms with Crippen molar-refractivity contribution in [3.05, 3.63) is 35.1 Å². The zero-order valence-electron chi connectivity index (χ0n) is 11.2. The average molecular weight is 317 g/mol. The van der Waals surface area contributed by atoms with Gasteiger partial charge in [0.15, 0.2) is 0 Å². The summed E-state index contributed by atoms with van der Waals surface area (Å²) in [7, 11) is 4.15. The minimum Gasteiger partial charge on any atom is -0.466 e. The summed E-state index contributed by atoms with van der Waals surface area (Å²) in [6.45, 7) is 1.39. The van der Waals surface area contributed by atoms with Gasteiger partial charge in [0.1, 0.15) is 5.82 Å². The van der Waals surface area contributed by atoms with Crippen LogP contribution < -0.4 is 35.3 Å². The largest absolute Gasteiger partial charge is 1.00 e. The summed E-state index contributed by atoms with van der Waals surface area (Å²) < 4.78 is 75.0. The summed E-state index contributed by atoms with van der Waals surface area (Å²) in [4.78, 5) is 0. The van der Waals surface area contributed by atoms with Crippen LogP contribution in [-0.4, -0.2) is 14.0 Å². The first-order valence-electron chi connectivity index (χ1n) is 5.08. The van der Waals surface area contributed by atoms with Gasteiger partial charge in [0.25, 0.3) is 0 Å². The van der Waals surface area contributed by atoms with Gasteiger partial charge in [0.2, 0.25) is 0 Å². The van der Waals surface area contributed by atoms with Crippen molar-refractivity contribution in [2.45, 2.75) is 25.1 Å². The van der Waals surface area contributed by atoms with Crippen LogP contribution in [-0.2, 0) is 5.92 Å². The van der Waals surface area contributed by atoms with Crippen LogP contribution in [0.5, 0.6) is 0 Å². The molecule has 0 amide bonds. The average Bonchev–Trinajstić information content (AvgIpc) is 2.27. The van der Waals surface area contributed by atoms with Crippen LogP contribution in [0.15, 0.2) is 18.2 Å². The van der Waals surface area contributed by atoms with E-state index in [4.69, 9.17) is 11.0 Å². The van der Waals surface area contributed by atoms with Gasteiger partial charge in [-0.2, -0.15) is 22.0 Å². The van der Waals surface area contributed by atoms with E-state index in [2.05, 4.69) is 7.85 Å². The predicted octanol–water partition coefficient (Wildman–Crippen LogP) is 0.139. The van der Waals surface area contributed by atoms with Gasteiger partial charge >= 0.3 is 41.7 Å². The first-order chi connectivity index (χ1) is 8.98. The van der Waals surface area contributed by atoms with Crippen LogP contribution in [0.4, 0.5) is 26.3 Å². The summed E-state index contributed by atoms with van der Waals surface area (Å²) in [5.41, 5.74) is 3.75. The molecule has 0 aliphatic heterocycles. The fourth-order valence-corrected chi connectivity index (χ4v) is 1.26. The third kappa shape index (κ3) is 5.91. The Morgan fingerprint density at radius 3 is 1.95 bits per heavy atom. The Morgan fingerprint density at radius 2 is 1.67 bits per heavy atom. The Labute approximate surface area is 141 Å². The molecule has 1 unspecified atom stereocenters. The molecule has 0 bridgehead atoms. The number of nitriles is 1.